The summed E-state index contributed by atoms with van der Waals surface area (Å²) in [5, 5.41) is 23.0. The van der Waals surface area contributed by atoms with Crippen LogP contribution in [-0.2, 0) is 38.9 Å². The zero-order valence-corrected chi connectivity index (χ0v) is 20.4. The van der Waals surface area contributed by atoms with Gasteiger partial charge in [0.1, 0.15) is 17.6 Å². The van der Waals surface area contributed by atoms with Crippen LogP contribution in [0.4, 0.5) is 18.9 Å². The van der Waals surface area contributed by atoms with Crippen molar-refractivity contribution in [2.75, 3.05) is 0 Å². The Morgan fingerprint density at radius 1 is 1.15 bits per heavy atom. The molecule has 1 aromatic heterocycles. The maximum atomic E-state index is 13.4. The Hall–Kier alpha value is -4.28. The molecule has 0 aliphatic carbocycles. The number of halogens is 3. The van der Waals surface area contributed by atoms with Crippen LogP contribution in [0, 0.1) is 10.1 Å². The summed E-state index contributed by atoms with van der Waals surface area (Å²) in [6.07, 6.45) is -6.64. The highest BCUT2D eigenvalue weighted by atomic mass is 32.2. The highest BCUT2D eigenvalue weighted by molar-refractivity contribution is 7.88. The van der Waals surface area contributed by atoms with Crippen molar-refractivity contribution in [2.45, 2.75) is 31.3 Å². The van der Waals surface area contributed by atoms with Crippen molar-refractivity contribution in [1.82, 2.24) is 14.3 Å². The number of nitrogens with zero attached hydrogens (tertiary/aromatic N) is 2. The number of nitro benzene ring substituents is 1. The largest absolute Gasteiger partial charge is 0.480 e. The number of carbonyl (C=O) groups excluding carboxylic acids is 1. The van der Waals surface area contributed by atoms with E-state index in [2.05, 4.69) is 5.32 Å². The molecule has 0 bridgehead atoms. The number of carbonyl (C=O) groups is 2. The van der Waals surface area contributed by atoms with Gasteiger partial charge in [0.05, 0.1) is 17.0 Å². The number of benzene rings is 2. The SMILES string of the molecule is O=C(O)[C@H](Cc1ccc([N+](=O)[O-])cc1)N[C@H]1C(=O)NS(=O)(=O)N1Cc1ccc(-c2ccccc2C(F)(F)F)o1. The van der Waals surface area contributed by atoms with Gasteiger partial charge in [-0.05, 0) is 30.2 Å². The van der Waals surface area contributed by atoms with Gasteiger partial charge in [-0.1, -0.05) is 30.3 Å². The molecule has 4 rings (SSSR count). The normalized spacial score (nSPS) is 18.0. The lowest BCUT2D eigenvalue weighted by Gasteiger charge is -2.23. The maximum Gasteiger partial charge on any atom is 0.417 e. The number of rotatable bonds is 9. The Morgan fingerprint density at radius 3 is 2.44 bits per heavy atom. The highest BCUT2D eigenvalue weighted by Crippen LogP contribution is 2.37. The van der Waals surface area contributed by atoms with E-state index in [0.717, 1.165) is 6.07 Å². The van der Waals surface area contributed by atoms with E-state index in [9.17, 15) is 46.4 Å². The summed E-state index contributed by atoms with van der Waals surface area (Å²) < 4.78 is 73.2. The predicted octanol–water partition coefficient (Wildman–Crippen LogP) is 2.66. The molecule has 1 aliphatic heterocycles. The van der Waals surface area contributed by atoms with Crippen LogP contribution in [0.15, 0.2) is 65.1 Å². The Labute approximate surface area is 218 Å². The third-order valence-electron chi connectivity index (χ3n) is 5.79. The molecule has 0 spiro atoms. The number of carboxylic acids is 1. The summed E-state index contributed by atoms with van der Waals surface area (Å²) in [5.41, 5.74) is -1.11. The smallest absolute Gasteiger partial charge is 0.417 e. The predicted molar refractivity (Wildman–Crippen MR) is 127 cm³/mol. The van der Waals surface area contributed by atoms with E-state index in [1.165, 1.54) is 54.6 Å². The molecule has 2 atom stereocenters. The van der Waals surface area contributed by atoms with Gasteiger partial charge in [-0.25, -0.2) is 4.72 Å². The molecule has 16 heteroatoms. The summed E-state index contributed by atoms with van der Waals surface area (Å²) >= 11 is 0. The number of nitro groups is 1. The standard InChI is InChI=1S/C23H19F3N4O8S/c24-23(25,26)17-4-2-1-3-16(17)19-10-9-15(38-19)12-29-20(21(31)28-39(29,36)37)27-18(22(32)33)11-13-5-7-14(8-6-13)30(34)35/h1-10,18,20,27H,11-12H2,(H,28,31)(H,32,33)/t18-,20+/m0/s1. The zero-order valence-electron chi connectivity index (χ0n) is 19.6. The van der Waals surface area contributed by atoms with E-state index in [1.54, 1.807) is 4.72 Å². The quantitative estimate of drug-likeness (QED) is 0.259. The van der Waals surface area contributed by atoms with Crippen LogP contribution in [0.5, 0.6) is 0 Å². The van der Waals surface area contributed by atoms with Gasteiger partial charge in [-0.2, -0.15) is 25.9 Å². The van der Waals surface area contributed by atoms with E-state index >= 15 is 0 Å². The highest BCUT2D eigenvalue weighted by Gasteiger charge is 2.46. The van der Waals surface area contributed by atoms with Gasteiger partial charge in [-0.15, -0.1) is 0 Å². The number of hydrogen-bond acceptors (Lipinski definition) is 8. The molecule has 2 aromatic carbocycles. The fourth-order valence-electron chi connectivity index (χ4n) is 3.95. The van der Waals surface area contributed by atoms with Crippen LogP contribution in [0.1, 0.15) is 16.9 Å². The zero-order chi connectivity index (χ0) is 28.5. The topological polar surface area (TPSA) is 172 Å². The maximum absolute atomic E-state index is 13.4. The number of amides is 1. The molecule has 39 heavy (non-hydrogen) atoms. The molecule has 1 aliphatic rings. The van der Waals surface area contributed by atoms with E-state index < -0.39 is 57.5 Å². The molecule has 206 valence electrons. The van der Waals surface area contributed by atoms with E-state index in [0.29, 0.717) is 9.87 Å². The fraction of sp³-hybridized carbons (Fsp3) is 0.217. The first-order valence-corrected chi connectivity index (χ1v) is 12.5. The minimum Gasteiger partial charge on any atom is -0.480 e. The van der Waals surface area contributed by atoms with E-state index in [4.69, 9.17) is 4.42 Å². The second kappa shape index (κ2) is 10.5. The van der Waals surface area contributed by atoms with Crippen molar-refractivity contribution in [3.8, 4) is 11.3 Å². The van der Waals surface area contributed by atoms with Crippen LogP contribution >= 0.6 is 0 Å². The minimum atomic E-state index is -4.68. The molecule has 1 amide bonds. The van der Waals surface area contributed by atoms with Crippen LogP contribution in [0.2, 0.25) is 0 Å². The van der Waals surface area contributed by atoms with Crippen molar-refractivity contribution >= 4 is 27.8 Å². The van der Waals surface area contributed by atoms with Gasteiger partial charge in [-0.3, -0.25) is 25.0 Å². The molecule has 12 nitrogen and oxygen atoms in total. The number of alkyl halides is 3. The molecule has 3 aromatic rings. The Bertz CT molecular complexity index is 1520. The Kier molecular flexibility index (Phi) is 7.45. The van der Waals surface area contributed by atoms with Gasteiger partial charge < -0.3 is 9.52 Å². The van der Waals surface area contributed by atoms with Gasteiger partial charge in [0.15, 0.2) is 6.17 Å². The fourth-order valence-corrected chi connectivity index (χ4v) is 5.16. The second-order valence-corrected chi connectivity index (χ2v) is 10.0. The third kappa shape index (κ3) is 6.08. The van der Waals surface area contributed by atoms with Gasteiger partial charge >= 0.3 is 22.4 Å². The van der Waals surface area contributed by atoms with Crippen molar-refractivity contribution < 1.29 is 45.6 Å². The second-order valence-electron chi connectivity index (χ2n) is 8.41. The molecular formula is C23H19F3N4O8S. The molecule has 0 radical (unpaired) electrons. The number of furan rings is 1. The monoisotopic (exact) mass is 568 g/mol. The molecular weight excluding hydrogens is 549 g/mol. The third-order valence-corrected chi connectivity index (χ3v) is 7.21. The van der Waals surface area contributed by atoms with Crippen molar-refractivity contribution in [1.29, 1.82) is 0 Å². The lowest BCUT2D eigenvalue weighted by atomic mass is 10.1. The summed E-state index contributed by atoms with van der Waals surface area (Å²) in [6, 6.07) is 10.6. The first-order chi connectivity index (χ1) is 18.3. The number of carboxylic acid groups (broad SMARTS) is 1. The average molecular weight is 568 g/mol. The Morgan fingerprint density at radius 2 is 1.82 bits per heavy atom. The molecule has 0 unspecified atom stereocenters. The van der Waals surface area contributed by atoms with Crippen LogP contribution in [-0.4, -0.2) is 46.8 Å². The van der Waals surface area contributed by atoms with Crippen molar-refractivity contribution in [3.05, 3.63) is 87.7 Å². The molecule has 0 saturated carbocycles. The first kappa shape index (κ1) is 27.7. The number of nitrogens with one attached hydrogen (secondary N) is 2. The number of non-ortho nitro benzene ring substituents is 1. The molecule has 1 fully saturated rings. The average Bonchev–Trinajstić information content (AvgIpc) is 3.41. The first-order valence-electron chi connectivity index (χ1n) is 11.1. The van der Waals surface area contributed by atoms with Crippen molar-refractivity contribution in [2.24, 2.45) is 0 Å². The number of hydrogen-bond donors (Lipinski definition) is 3. The van der Waals surface area contributed by atoms with Gasteiger partial charge in [0.25, 0.3) is 11.6 Å². The van der Waals surface area contributed by atoms with E-state index in [1.807, 2.05) is 0 Å². The summed E-state index contributed by atoms with van der Waals surface area (Å²) in [7, 11) is -4.47. The lowest BCUT2D eigenvalue weighted by molar-refractivity contribution is -0.384. The summed E-state index contributed by atoms with van der Waals surface area (Å²) in [4.78, 5) is 34.6. The summed E-state index contributed by atoms with van der Waals surface area (Å²) in [5.74, 6) is -2.83. The van der Waals surface area contributed by atoms with Gasteiger partial charge in [0, 0.05) is 17.7 Å². The van der Waals surface area contributed by atoms with Crippen LogP contribution in [0.25, 0.3) is 11.3 Å². The Balaban J connectivity index is 1.57. The summed E-state index contributed by atoms with van der Waals surface area (Å²) in [6.45, 7) is -0.614. The number of aliphatic carboxylic acids is 1. The van der Waals surface area contributed by atoms with Crippen LogP contribution in [0.3, 0.4) is 0 Å². The molecule has 3 N–H and O–H groups in total. The van der Waals surface area contributed by atoms with Gasteiger partial charge in [0.2, 0.25) is 0 Å². The van der Waals surface area contributed by atoms with Crippen LogP contribution < -0.4 is 10.0 Å². The van der Waals surface area contributed by atoms with Crippen molar-refractivity contribution in [3.63, 3.8) is 0 Å². The lowest BCUT2D eigenvalue weighted by Crippen LogP contribution is -2.53. The van der Waals surface area contributed by atoms with E-state index in [-0.39, 0.29) is 29.2 Å². The minimum absolute atomic E-state index is 0.115. The molecule has 2 heterocycles. The molecule has 1 saturated heterocycles.